The van der Waals surface area contributed by atoms with E-state index in [0.717, 1.165) is 4.90 Å². The lowest BCUT2D eigenvalue weighted by molar-refractivity contribution is 0.0636. The molecule has 110 valence electrons. The number of azo groups is 1. The summed E-state index contributed by atoms with van der Waals surface area (Å²) in [5.41, 5.74) is 0.201. The van der Waals surface area contributed by atoms with E-state index in [9.17, 15) is 14.4 Å². The molecule has 0 unspecified atom stereocenters. The Morgan fingerprint density at radius 3 is 2.10 bits per heavy atom. The first-order valence-electron chi connectivity index (χ1n) is 6.16. The van der Waals surface area contributed by atoms with Gasteiger partial charge in [0.1, 0.15) is 5.60 Å². The SMILES string of the molecule is CC(C)(C)OC(=O)Nc1ccc(N2C(=O)N=NC2=O)cc1. The minimum absolute atomic E-state index is 0.324. The average molecular weight is 290 g/mol. The molecule has 0 fully saturated rings. The van der Waals surface area contributed by atoms with E-state index in [2.05, 4.69) is 15.5 Å². The third kappa shape index (κ3) is 3.62. The number of amides is 5. The molecule has 1 heterocycles. The number of imide groups is 1. The summed E-state index contributed by atoms with van der Waals surface area (Å²) in [6.45, 7) is 5.27. The first kappa shape index (κ1) is 14.6. The molecular formula is C13H14N4O4. The maximum atomic E-state index is 11.6. The van der Waals surface area contributed by atoms with E-state index in [1.54, 1.807) is 20.8 Å². The largest absolute Gasteiger partial charge is 0.444 e. The summed E-state index contributed by atoms with van der Waals surface area (Å²) in [5, 5.41) is 8.86. The Bertz CT molecular complexity index is 598. The first-order chi connectivity index (χ1) is 9.76. The van der Waals surface area contributed by atoms with Crippen molar-refractivity contribution in [3.63, 3.8) is 0 Å². The van der Waals surface area contributed by atoms with Crippen LogP contribution < -0.4 is 10.2 Å². The molecule has 0 saturated heterocycles. The zero-order valence-corrected chi connectivity index (χ0v) is 11.8. The van der Waals surface area contributed by atoms with Gasteiger partial charge in [-0.2, -0.15) is 0 Å². The Balaban J connectivity index is 2.04. The number of benzene rings is 1. The lowest BCUT2D eigenvalue weighted by Crippen LogP contribution is -2.28. The van der Waals surface area contributed by atoms with Gasteiger partial charge in [0.15, 0.2) is 0 Å². The summed E-state index contributed by atoms with van der Waals surface area (Å²) in [6, 6.07) is 4.59. The molecule has 8 nitrogen and oxygen atoms in total. The number of ether oxygens (including phenoxy) is 1. The van der Waals surface area contributed by atoms with Crippen LogP contribution in [-0.4, -0.2) is 23.8 Å². The maximum absolute atomic E-state index is 11.6. The van der Waals surface area contributed by atoms with Crippen LogP contribution in [0.4, 0.5) is 25.8 Å². The van der Waals surface area contributed by atoms with Crippen molar-refractivity contribution in [3.8, 4) is 0 Å². The highest BCUT2D eigenvalue weighted by molar-refractivity contribution is 6.17. The zero-order chi connectivity index (χ0) is 15.6. The summed E-state index contributed by atoms with van der Waals surface area (Å²) < 4.78 is 5.11. The molecule has 21 heavy (non-hydrogen) atoms. The molecule has 8 heteroatoms. The van der Waals surface area contributed by atoms with Crippen molar-refractivity contribution in [1.82, 2.24) is 0 Å². The molecule has 0 radical (unpaired) electrons. The van der Waals surface area contributed by atoms with Crippen molar-refractivity contribution in [2.45, 2.75) is 26.4 Å². The molecule has 1 aliphatic heterocycles. The quantitative estimate of drug-likeness (QED) is 0.899. The molecule has 2 rings (SSSR count). The molecule has 0 aliphatic carbocycles. The lowest BCUT2D eigenvalue weighted by Gasteiger charge is -2.19. The topological polar surface area (TPSA) is 100 Å². The van der Waals surface area contributed by atoms with Crippen molar-refractivity contribution >= 4 is 29.5 Å². The molecular weight excluding hydrogens is 276 g/mol. The Morgan fingerprint density at radius 1 is 1.10 bits per heavy atom. The van der Waals surface area contributed by atoms with Crippen LogP contribution in [0.25, 0.3) is 0 Å². The summed E-state index contributed by atoms with van der Waals surface area (Å²) in [4.78, 5) is 35.1. The third-order valence-electron chi connectivity index (χ3n) is 2.37. The second-order valence-corrected chi connectivity index (χ2v) is 5.27. The Labute approximate surface area is 120 Å². The van der Waals surface area contributed by atoms with Crippen molar-refractivity contribution in [1.29, 1.82) is 0 Å². The van der Waals surface area contributed by atoms with Gasteiger partial charge in [0.2, 0.25) is 0 Å². The molecule has 0 aromatic heterocycles. The number of nitrogens with zero attached hydrogens (tertiary/aromatic N) is 3. The molecule has 1 aromatic carbocycles. The van der Waals surface area contributed by atoms with Crippen molar-refractivity contribution in [3.05, 3.63) is 24.3 Å². The predicted octanol–water partition coefficient (Wildman–Crippen LogP) is 3.55. The highest BCUT2D eigenvalue weighted by Gasteiger charge is 2.28. The molecule has 0 atom stereocenters. The van der Waals surface area contributed by atoms with Gasteiger partial charge in [-0.05, 0) is 45.0 Å². The van der Waals surface area contributed by atoms with E-state index in [0.29, 0.717) is 11.4 Å². The number of nitrogens with one attached hydrogen (secondary N) is 1. The van der Waals surface area contributed by atoms with E-state index >= 15 is 0 Å². The van der Waals surface area contributed by atoms with Gasteiger partial charge in [0.05, 0.1) is 5.69 Å². The Kier molecular flexibility index (Phi) is 3.70. The molecule has 0 bridgehead atoms. The number of urea groups is 2. The predicted molar refractivity (Wildman–Crippen MR) is 74.4 cm³/mol. The number of carbonyl (C=O) groups excluding carboxylic acids is 3. The number of carbonyl (C=O) groups is 3. The van der Waals surface area contributed by atoms with Gasteiger partial charge in [0, 0.05) is 5.69 Å². The zero-order valence-electron chi connectivity index (χ0n) is 11.8. The second kappa shape index (κ2) is 5.31. The van der Waals surface area contributed by atoms with Crippen LogP contribution in [0.1, 0.15) is 20.8 Å². The Morgan fingerprint density at radius 2 is 1.62 bits per heavy atom. The van der Waals surface area contributed by atoms with Crippen LogP contribution in [0.3, 0.4) is 0 Å². The fraction of sp³-hybridized carbons (Fsp3) is 0.308. The fourth-order valence-corrected chi connectivity index (χ4v) is 1.59. The van der Waals surface area contributed by atoms with Gasteiger partial charge >= 0.3 is 18.2 Å². The van der Waals surface area contributed by atoms with Gasteiger partial charge in [-0.1, -0.05) is 10.2 Å². The lowest BCUT2D eigenvalue weighted by atomic mass is 10.2. The smallest absolute Gasteiger partial charge is 0.412 e. The number of hydrogen-bond donors (Lipinski definition) is 1. The molecule has 1 aliphatic rings. The van der Waals surface area contributed by atoms with Crippen LogP contribution in [-0.2, 0) is 4.74 Å². The summed E-state index contributed by atoms with van der Waals surface area (Å²) in [5.74, 6) is 0. The highest BCUT2D eigenvalue weighted by Crippen LogP contribution is 2.22. The molecule has 1 N–H and O–H groups in total. The second-order valence-electron chi connectivity index (χ2n) is 5.27. The number of hydrogen-bond acceptors (Lipinski definition) is 4. The average Bonchev–Trinajstić information content (AvgIpc) is 2.68. The van der Waals surface area contributed by atoms with Crippen molar-refractivity contribution in [2.24, 2.45) is 10.2 Å². The van der Waals surface area contributed by atoms with Gasteiger partial charge in [-0.25, -0.2) is 19.3 Å². The maximum Gasteiger partial charge on any atom is 0.412 e. The molecule has 1 aromatic rings. The van der Waals surface area contributed by atoms with E-state index < -0.39 is 23.8 Å². The number of rotatable bonds is 2. The van der Waals surface area contributed by atoms with Crippen molar-refractivity contribution in [2.75, 3.05) is 10.2 Å². The monoisotopic (exact) mass is 290 g/mol. The van der Waals surface area contributed by atoms with Gasteiger partial charge < -0.3 is 4.74 Å². The highest BCUT2D eigenvalue weighted by atomic mass is 16.6. The first-order valence-corrected chi connectivity index (χ1v) is 6.16. The molecule has 0 saturated carbocycles. The summed E-state index contributed by atoms with van der Waals surface area (Å²) >= 11 is 0. The van der Waals surface area contributed by atoms with Crippen LogP contribution in [0.2, 0.25) is 0 Å². The van der Waals surface area contributed by atoms with Crippen LogP contribution in [0.15, 0.2) is 34.5 Å². The van der Waals surface area contributed by atoms with E-state index in [-0.39, 0.29) is 0 Å². The molecule has 5 amide bonds. The van der Waals surface area contributed by atoms with Crippen LogP contribution in [0, 0.1) is 0 Å². The summed E-state index contributed by atoms with van der Waals surface area (Å²) in [7, 11) is 0. The fourth-order valence-electron chi connectivity index (χ4n) is 1.59. The minimum Gasteiger partial charge on any atom is -0.444 e. The van der Waals surface area contributed by atoms with E-state index in [1.807, 2.05) is 0 Å². The summed E-state index contributed by atoms with van der Waals surface area (Å²) in [6.07, 6.45) is -0.589. The normalized spacial score (nSPS) is 14.5. The van der Waals surface area contributed by atoms with Crippen LogP contribution >= 0.6 is 0 Å². The van der Waals surface area contributed by atoms with Gasteiger partial charge in [0.25, 0.3) is 0 Å². The van der Waals surface area contributed by atoms with E-state index in [1.165, 1.54) is 24.3 Å². The van der Waals surface area contributed by atoms with Gasteiger partial charge in [-0.15, -0.1) is 0 Å². The standard InChI is InChI=1S/C13H14N4O4/c1-13(2,3)21-12(20)14-8-4-6-9(7-5-8)17-10(18)15-16-11(17)19/h4-7H,1-3H3,(H,14,20). The number of anilines is 2. The van der Waals surface area contributed by atoms with E-state index in [4.69, 9.17) is 4.74 Å². The van der Waals surface area contributed by atoms with Crippen LogP contribution in [0.5, 0.6) is 0 Å². The molecule has 0 spiro atoms. The van der Waals surface area contributed by atoms with Gasteiger partial charge in [-0.3, -0.25) is 5.32 Å². The Hall–Kier alpha value is -2.77. The van der Waals surface area contributed by atoms with Crippen molar-refractivity contribution < 1.29 is 19.1 Å². The third-order valence-corrected chi connectivity index (χ3v) is 2.37. The minimum atomic E-state index is -0.743.